The minimum absolute atomic E-state index is 0.0622. The fourth-order valence-corrected chi connectivity index (χ4v) is 3.93. The molecule has 140 valence electrons. The van der Waals surface area contributed by atoms with Gasteiger partial charge in [0.15, 0.2) is 11.5 Å². The third-order valence-corrected chi connectivity index (χ3v) is 6.66. The molecule has 2 aliphatic carbocycles. The van der Waals surface area contributed by atoms with Crippen molar-refractivity contribution < 1.29 is 10.2 Å². The van der Waals surface area contributed by atoms with E-state index in [4.69, 9.17) is 0 Å². The molecule has 2 fully saturated rings. The van der Waals surface area contributed by atoms with Gasteiger partial charge in [0.1, 0.15) is 0 Å². The maximum absolute atomic E-state index is 10.1. The molecule has 2 nitrogen and oxygen atoms in total. The van der Waals surface area contributed by atoms with Crippen molar-refractivity contribution in [1.29, 1.82) is 0 Å². The van der Waals surface area contributed by atoms with Crippen molar-refractivity contribution in [1.82, 2.24) is 0 Å². The van der Waals surface area contributed by atoms with E-state index in [2.05, 4.69) is 19.9 Å². The number of aromatic hydroxyl groups is 2. The maximum atomic E-state index is 10.1. The van der Waals surface area contributed by atoms with Crippen molar-refractivity contribution in [2.75, 3.05) is 0 Å². The average Bonchev–Trinajstić information content (AvgIpc) is 3.48. The number of rotatable bonds is 11. The first-order valence-electron chi connectivity index (χ1n) is 10.4. The number of phenolic OH excluding ortho intramolecular Hbond substituents is 2. The first-order chi connectivity index (χ1) is 11.9. The summed E-state index contributed by atoms with van der Waals surface area (Å²) in [7, 11) is 0. The van der Waals surface area contributed by atoms with Gasteiger partial charge in [0.05, 0.1) is 0 Å². The van der Waals surface area contributed by atoms with E-state index in [1.807, 2.05) is 0 Å². The summed E-state index contributed by atoms with van der Waals surface area (Å²) in [5, 5.41) is 20.2. The van der Waals surface area contributed by atoms with Gasteiger partial charge in [-0.15, -0.1) is 0 Å². The molecule has 0 atom stereocenters. The molecule has 2 saturated carbocycles. The van der Waals surface area contributed by atoms with E-state index in [1.54, 1.807) is 6.07 Å². The van der Waals surface area contributed by atoms with Crippen LogP contribution >= 0.6 is 0 Å². The molecular formula is C23H36O2. The highest BCUT2D eigenvalue weighted by molar-refractivity contribution is 5.47. The Hall–Kier alpha value is -1.18. The van der Waals surface area contributed by atoms with Crippen LogP contribution in [0.25, 0.3) is 0 Å². The molecule has 0 spiro atoms. The quantitative estimate of drug-likeness (QED) is 0.354. The fourth-order valence-electron chi connectivity index (χ4n) is 3.93. The zero-order valence-corrected chi connectivity index (χ0v) is 16.2. The summed E-state index contributed by atoms with van der Waals surface area (Å²) < 4.78 is 0. The first kappa shape index (κ1) is 18.6. The standard InChI is InChI=1S/C23H36O2/c1-22(12-13-22)10-6-3-4-8-18-16-19(21(25)20(24)17-18)9-5-7-11-23(2)14-15-23/h16-17,24-25H,3-15H2,1-2H3. The topological polar surface area (TPSA) is 40.5 Å². The normalized spacial score (nSPS) is 19.8. The molecule has 0 amide bonds. The first-order valence-corrected chi connectivity index (χ1v) is 10.4. The van der Waals surface area contributed by atoms with E-state index in [0.29, 0.717) is 10.8 Å². The molecule has 0 radical (unpaired) electrons. The average molecular weight is 345 g/mol. The Morgan fingerprint density at radius 3 is 1.92 bits per heavy atom. The lowest BCUT2D eigenvalue weighted by Crippen LogP contribution is -1.96. The monoisotopic (exact) mass is 344 g/mol. The van der Waals surface area contributed by atoms with Gasteiger partial charge in [0.25, 0.3) is 0 Å². The predicted octanol–water partition coefficient (Wildman–Crippen LogP) is 6.51. The van der Waals surface area contributed by atoms with Crippen LogP contribution < -0.4 is 0 Å². The molecule has 3 rings (SSSR count). The molecule has 0 aromatic heterocycles. The zero-order chi connectivity index (χ0) is 17.9. The van der Waals surface area contributed by atoms with Crippen LogP contribution in [0.2, 0.25) is 0 Å². The molecule has 2 heteroatoms. The third-order valence-electron chi connectivity index (χ3n) is 6.66. The van der Waals surface area contributed by atoms with E-state index in [0.717, 1.165) is 24.8 Å². The Labute approximate surface area is 153 Å². The zero-order valence-electron chi connectivity index (χ0n) is 16.2. The van der Waals surface area contributed by atoms with E-state index < -0.39 is 0 Å². The van der Waals surface area contributed by atoms with Gasteiger partial charge in [-0.2, -0.15) is 0 Å². The third kappa shape index (κ3) is 5.66. The van der Waals surface area contributed by atoms with Gasteiger partial charge < -0.3 is 10.2 Å². The van der Waals surface area contributed by atoms with Crippen LogP contribution in [0.1, 0.15) is 95.6 Å². The number of benzene rings is 1. The molecule has 0 saturated heterocycles. The van der Waals surface area contributed by atoms with Crippen LogP contribution in [0.5, 0.6) is 11.5 Å². The van der Waals surface area contributed by atoms with Crippen LogP contribution in [0.3, 0.4) is 0 Å². The highest BCUT2D eigenvalue weighted by Gasteiger charge is 2.36. The largest absolute Gasteiger partial charge is 0.504 e. The number of unbranched alkanes of at least 4 members (excludes halogenated alkanes) is 3. The fraction of sp³-hybridized carbons (Fsp3) is 0.739. The van der Waals surface area contributed by atoms with E-state index >= 15 is 0 Å². The van der Waals surface area contributed by atoms with Crippen LogP contribution in [0.4, 0.5) is 0 Å². The SMILES string of the molecule is CC1(CCCCCc2cc(O)c(O)c(CCCCC3(C)CC3)c2)CC1. The van der Waals surface area contributed by atoms with E-state index in [1.165, 1.54) is 69.8 Å². The van der Waals surface area contributed by atoms with E-state index in [9.17, 15) is 10.2 Å². The lowest BCUT2D eigenvalue weighted by Gasteiger charge is -2.12. The maximum Gasteiger partial charge on any atom is 0.160 e. The van der Waals surface area contributed by atoms with Crippen molar-refractivity contribution >= 4 is 0 Å². The summed E-state index contributed by atoms with van der Waals surface area (Å²) in [5.74, 6) is 0.162. The van der Waals surface area contributed by atoms with Gasteiger partial charge in [0, 0.05) is 0 Å². The summed E-state index contributed by atoms with van der Waals surface area (Å²) >= 11 is 0. The van der Waals surface area contributed by atoms with Gasteiger partial charge >= 0.3 is 0 Å². The number of hydrogen-bond acceptors (Lipinski definition) is 2. The Kier molecular flexibility index (Phi) is 5.65. The van der Waals surface area contributed by atoms with Crippen molar-refractivity contribution in [3.8, 4) is 11.5 Å². The van der Waals surface area contributed by atoms with Gasteiger partial charge in [-0.25, -0.2) is 0 Å². The Balaban J connectivity index is 1.42. The molecule has 0 aliphatic heterocycles. The summed E-state index contributed by atoms with van der Waals surface area (Å²) in [6.45, 7) is 4.78. The number of phenols is 2. The minimum Gasteiger partial charge on any atom is -0.504 e. The van der Waals surface area contributed by atoms with Crippen LogP contribution in [0, 0.1) is 10.8 Å². The molecule has 2 N–H and O–H groups in total. The second-order valence-corrected chi connectivity index (χ2v) is 9.51. The van der Waals surface area contributed by atoms with Crippen molar-refractivity contribution in [2.24, 2.45) is 10.8 Å². The molecule has 2 aliphatic rings. The van der Waals surface area contributed by atoms with Crippen LogP contribution in [-0.4, -0.2) is 10.2 Å². The lowest BCUT2D eigenvalue weighted by molar-refractivity contribution is 0.397. The molecule has 0 bridgehead atoms. The van der Waals surface area contributed by atoms with Crippen molar-refractivity contribution in [2.45, 2.75) is 97.3 Å². The van der Waals surface area contributed by atoms with E-state index in [-0.39, 0.29) is 11.5 Å². The Morgan fingerprint density at radius 1 is 0.760 bits per heavy atom. The van der Waals surface area contributed by atoms with Gasteiger partial charge in [-0.1, -0.05) is 39.2 Å². The summed E-state index contributed by atoms with van der Waals surface area (Å²) in [4.78, 5) is 0. The second-order valence-electron chi connectivity index (χ2n) is 9.51. The predicted molar refractivity (Wildman–Crippen MR) is 104 cm³/mol. The Bertz CT molecular complexity index is 582. The molecule has 0 heterocycles. The molecular weight excluding hydrogens is 308 g/mol. The summed E-state index contributed by atoms with van der Waals surface area (Å²) in [6, 6.07) is 3.88. The summed E-state index contributed by atoms with van der Waals surface area (Å²) in [5.41, 5.74) is 3.39. The molecule has 1 aromatic carbocycles. The Morgan fingerprint density at radius 2 is 1.32 bits per heavy atom. The van der Waals surface area contributed by atoms with Gasteiger partial charge in [0.2, 0.25) is 0 Å². The number of hydrogen-bond donors (Lipinski definition) is 2. The van der Waals surface area contributed by atoms with Crippen LogP contribution in [0.15, 0.2) is 12.1 Å². The smallest absolute Gasteiger partial charge is 0.160 e. The van der Waals surface area contributed by atoms with Crippen LogP contribution in [-0.2, 0) is 12.8 Å². The molecule has 25 heavy (non-hydrogen) atoms. The molecule has 0 unspecified atom stereocenters. The lowest BCUT2D eigenvalue weighted by atomic mass is 9.96. The van der Waals surface area contributed by atoms with Gasteiger partial charge in [-0.3, -0.25) is 0 Å². The van der Waals surface area contributed by atoms with Crippen molar-refractivity contribution in [3.63, 3.8) is 0 Å². The molecule has 1 aromatic rings. The van der Waals surface area contributed by atoms with Gasteiger partial charge in [-0.05, 0) is 92.2 Å². The van der Waals surface area contributed by atoms with Crippen molar-refractivity contribution in [3.05, 3.63) is 23.3 Å². The second kappa shape index (κ2) is 7.60. The minimum atomic E-state index is 0.0622. The summed E-state index contributed by atoms with van der Waals surface area (Å²) in [6.07, 6.45) is 16.3. The highest BCUT2D eigenvalue weighted by Crippen LogP contribution is 2.49. The number of aryl methyl sites for hydroxylation is 2. The highest BCUT2D eigenvalue weighted by atomic mass is 16.3.